The van der Waals surface area contributed by atoms with E-state index in [1.54, 1.807) is 20.0 Å². The van der Waals surface area contributed by atoms with Crippen molar-refractivity contribution in [3.8, 4) is 0 Å². The molecule has 3 amide bonds. The number of nitrogens with one attached hydrogen (secondary N) is 3. The third kappa shape index (κ3) is 8.20. The van der Waals surface area contributed by atoms with Crippen LogP contribution in [0, 0.1) is 17.7 Å². The molecule has 1 aliphatic heterocycles. The number of hydrogen-bond acceptors (Lipinski definition) is 4. The smallest absolute Gasteiger partial charge is 0.343 e. The molecule has 230 valence electrons. The zero-order valence-corrected chi connectivity index (χ0v) is 24.5. The van der Waals surface area contributed by atoms with E-state index in [1.165, 1.54) is 17.0 Å². The lowest BCUT2D eigenvalue weighted by atomic mass is 9.85. The molecule has 1 saturated carbocycles. The lowest BCUT2D eigenvalue weighted by Crippen LogP contribution is -2.56. The lowest BCUT2D eigenvalue weighted by molar-refractivity contribution is -0.186. The topological polar surface area (TPSA) is 90.5 Å². The Balaban J connectivity index is 1.74. The summed E-state index contributed by atoms with van der Waals surface area (Å²) in [4.78, 5) is 40.2. The van der Waals surface area contributed by atoms with Crippen molar-refractivity contribution in [2.45, 2.75) is 102 Å². The van der Waals surface area contributed by atoms with Crippen molar-refractivity contribution in [3.05, 3.63) is 29.6 Å². The number of anilines is 1. The zero-order chi connectivity index (χ0) is 30.4. The van der Waals surface area contributed by atoms with Gasteiger partial charge < -0.3 is 20.9 Å². The molecule has 0 spiro atoms. The van der Waals surface area contributed by atoms with Crippen molar-refractivity contribution in [1.82, 2.24) is 15.5 Å². The number of alkyl halides is 3. The summed E-state index contributed by atoms with van der Waals surface area (Å²) in [6.07, 6.45) is 0.0162. The molecule has 41 heavy (non-hydrogen) atoms. The van der Waals surface area contributed by atoms with E-state index in [1.807, 2.05) is 0 Å². The van der Waals surface area contributed by atoms with Crippen molar-refractivity contribution in [2.75, 3.05) is 25.5 Å². The maximum absolute atomic E-state index is 15.3. The number of carbonyl (C=O) groups excluding carboxylic acids is 3. The Bertz CT molecular complexity index is 1070. The van der Waals surface area contributed by atoms with E-state index >= 15 is 4.39 Å². The molecule has 0 radical (unpaired) electrons. The van der Waals surface area contributed by atoms with Gasteiger partial charge in [-0.1, -0.05) is 46.1 Å². The number of benzene rings is 1. The summed E-state index contributed by atoms with van der Waals surface area (Å²) >= 11 is 0. The molecule has 2 fully saturated rings. The van der Waals surface area contributed by atoms with Gasteiger partial charge in [-0.25, -0.2) is 4.39 Å². The lowest BCUT2D eigenvalue weighted by Gasteiger charge is -2.37. The predicted molar refractivity (Wildman–Crippen MR) is 150 cm³/mol. The number of carbonyl (C=O) groups is 3. The average Bonchev–Trinajstić information content (AvgIpc) is 3.75. The normalized spacial score (nSPS) is 19.3. The third-order valence-electron chi connectivity index (χ3n) is 8.84. The van der Waals surface area contributed by atoms with Gasteiger partial charge in [0.15, 0.2) is 0 Å². The van der Waals surface area contributed by atoms with Crippen LogP contribution in [0.25, 0.3) is 0 Å². The molecular weight excluding hydrogens is 540 g/mol. The molecule has 0 bridgehead atoms. The van der Waals surface area contributed by atoms with Crippen LogP contribution in [-0.4, -0.2) is 61.0 Å². The SMILES string of the molecule is CCC(=O)NC(C(=O)N1CCC(C(F)(F)F)CC1)C1(c2ccc(NC(=O)C(CCCC(C)CC)NC)c(F)c2)CC1. The Kier molecular flexibility index (Phi) is 11.2. The molecule has 1 heterocycles. The van der Waals surface area contributed by atoms with Crippen LogP contribution in [0.1, 0.15) is 84.1 Å². The minimum absolute atomic E-state index is 0.0198. The highest BCUT2D eigenvalue weighted by Crippen LogP contribution is 2.52. The predicted octanol–water partition coefficient (Wildman–Crippen LogP) is 5.30. The van der Waals surface area contributed by atoms with E-state index < -0.39 is 41.3 Å². The minimum Gasteiger partial charge on any atom is -0.343 e. The first-order chi connectivity index (χ1) is 19.4. The molecule has 1 aromatic carbocycles. The molecule has 1 aromatic rings. The fourth-order valence-electron chi connectivity index (χ4n) is 5.61. The number of nitrogens with zero attached hydrogens (tertiary/aromatic N) is 1. The van der Waals surface area contributed by atoms with E-state index in [0.29, 0.717) is 30.7 Å². The number of rotatable bonds is 13. The van der Waals surface area contributed by atoms with Gasteiger partial charge in [0.05, 0.1) is 17.6 Å². The van der Waals surface area contributed by atoms with Crippen LogP contribution < -0.4 is 16.0 Å². The molecule has 3 atom stereocenters. The van der Waals surface area contributed by atoms with Crippen LogP contribution in [-0.2, 0) is 19.8 Å². The second-order valence-corrected chi connectivity index (χ2v) is 11.6. The number of likely N-dealkylation sites (tertiary alicyclic amines) is 1. The highest BCUT2D eigenvalue weighted by molar-refractivity contribution is 5.95. The molecule has 0 aromatic heterocycles. The summed E-state index contributed by atoms with van der Waals surface area (Å²) in [5.74, 6) is -2.69. The van der Waals surface area contributed by atoms with Crippen LogP contribution in [0.15, 0.2) is 18.2 Å². The Hall–Kier alpha value is -2.69. The number of amides is 3. The van der Waals surface area contributed by atoms with E-state index in [-0.39, 0.29) is 49.9 Å². The second kappa shape index (κ2) is 14.0. The number of halogens is 4. The highest BCUT2D eigenvalue weighted by atomic mass is 19.4. The van der Waals surface area contributed by atoms with Crippen molar-refractivity contribution in [2.24, 2.45) is 11.8 Å². The second-order valence-electron chi connectivity index (χ2n) is 11.6. The molecule has 3 unspecified atom stereocenters. The fraction of sp³-hybridized carbons (Fsp3) is 0.700. The molecule has 1 aliphatic carbocycles. The van der Waals surface area contributed by atoms with Crippen molar-refractivity contribution < 1.29 is 31.9 Å². The molecule has 1 saturated heterocycles. The van der Waals surface area contributed by atoms with Crippen molar-refractivity contribution in [3.63, 3.8) is 0 Å². The Morgan fingerprint density at radius 2 is 1.76 bits per heavy atom. The summed E-state index contributed by atoms with van der Waals surface area (Å²) in [6.45, 7) is 5.83. The zero-order valence-electron chi connectivity index (χ0n) is 24.5. The number of likely N-dealkylation sites (N-methyl/N-ethyl adjacent to an activating group) is 1. The van der Waals surface area contributed by atoms with E-state index in [9.17, 15) is 27.6 Å². The van der Waals surface area contributed by atoms with Gasteiger partial charge >= 0.3 is 6.18 Å². The average molecular weight is 585 g/mol. The van der Waals surface area contributed by atoms with Crippen LogP contribution in [0.5, 0.6) is 0 Å². The van der Waals surface area contributed by atoms with Crippen LogP contribution >= 0.6 is 0 Å². The van der Waals surface area contributed by atoms with Gasteiger partial charge in [0.25, 0.3) is 0 Å². The Morgan fingerprint density at radius 3 is 2.27 bits per heavy atom. The summed E-state index contributed by atoms with van der Waals surface area (Å²) in [7, 11) is 1.69. The van der Waals surface area contributed by atoms with Gasteiger partial charge in [0.2, 0.25) is 17.7 Å². The molecule has 2 aliphatic rings. The first-order valence-electron chi connectivity index (χ1n) is 14.8. The minimum atomic E-state index is -4.31. The number of hydrogen-bond donors (Lipinski definition) is 3. The van der Waals surface area contributed by atoms with E-state index in [2.05, 4.69) is 29.8 Å². The maximum atomic E-state index is 15.3. The molecule has 3 rings (SSSR count). The standard InChI is InChI=1S/C30H44F4N4O3/c1-5-19(3)8-7-9-24(35-4)27(40)36-23-11-10-21(18-22(23)31)29(14-15-29)26(37-25(39)6-2)28(41)38-16-12-20(13-17-38)30(32,33)34/h10-11,18-20,24,26,35H,5-9,12-17H2,1-4H3,(H,36,40)(H,37,39). The number of piperidine rings is 1. The van der Waals surface area contributed by atoms with Gasteiger partial charge in [-0.15, -0.1) is 0 Å². The summed E-state index contributed by atoms with van der Waals surface area (Å²) in [5, 5.41) is 8.43. The van der Waals surface area contributed by atoms with Gasteiger partial charge in [-0.3, -0.25) is 14.4 Å². The first kappa shape index (κ1) is 32.8. The van der Waals surface area contributed by atoms with Gasteiger partial charge in [0, 0.05) is 24.9 Å². The van der Waals surface area contributed by atoms with Crippen LogP contribution in [0.2, 0.25) is 0 Å². The van der Waals surface area contributed by atoms with E-state index in [0.717, 1.165) is 19.3 Å². The fourth-order valence-corrected chi connectivity index (χ4v) is 5.61. The molecule has 3 N–H and O–H groups in total. The molecular formula is C30H44F4N4O3. The summed E-state index contributed by atoms with van der Waals surface area (Å²) < 4.78 is 54.8. The largest absolute Gasteiger partial charge is 0.391 e. The van der Waals surface area contributed by atoms with Gasteiger partial charge in [0.1, 0.15) is 11.9 Å². The highest BCUT2D eigenvalue weighted by Gasteiger charge is 2.56. The van der Waals surface area contributed by atoms with E-state index in [4.69, 9.17) is 0 Å². The van der Waals surface area contributed by atoms with Crippen LogP contribution in [0.3, 0.4) is 0 Å². The Labute approximate surface area is 240 Å². The maximum Gasteiger partial charge on any atom is 0.391 e. The molecule has 11 heteroatoms. The Morgan fingerprint density at radius 1 is 1.10 bits per heavy atom. The quantitative estimate of drug-likeness (QED) is 0.275. The third-order valence-corrected chi connectivity index (χ3v) is 8.84. The first-order valence-corrected chi connectivity index (χ1v) is 14.8. The van der Waals surface area contributed by atoms with Gasteiger partial charge in [-0.05, 0) is 62.8 Å². The summed E-state index contributed by atoms with van der Waals surface area (Å²) in [5.41, 5.74) is -0.339. The van der Waals surface area contributed by atoms with Gasteiger partial charge in [-0.2, -0.15) is 13.2 Å². The van der Waals surface area contributed by atoms with Crippen molar-refractivity contribution in [1.29, 1.82) is 0 Å². The van der Waals surface area contributed by atoms with Crippen LogP contribution in [0.4, 0.5) is 23.2 Å². The summed E-state index contributed by atoms with van der Waals surface area (Å²) in [6, 6.07) is 2.91. The van der Waals surface area contributed by atoms with Crippen molar-refractivity contribution >= 4 is 23.4 Å². The molecule has 7 nitrogen and oxygen atoms in total. The monoisotopic (exact) mass is 584 g/mol.